The van der Waals surface area contributed by atoms with Crippen molar-refractivity contribution in [3.63, 3.8) is 0 Å². The minimum atomic E-state index is -0.638. The molecule has 0 radical (unpaired) electrons. The summed E-state index contributed by atoms with van der Waals surface area (Å²) in [6.45, 7) is 3.62. The van der Waals surface area contributed by atoms with E-state index >= 15 is 0 Å². The molecule has 0 unspecified atom stereocenters. The van der Waals surface area contributed by atoms with Crippen LogP contribution in [0.5, 0.6) is 5.75 Å². The highest BCUT2D eigenvalue weighted by atomic mass is 16.4. The Kier molecular flexibility index (Phi) is 3.46. The highest BCUT2D eigenvalue weighted by Crippen LogP contribution is 2.22. The van der Waals surface area contributed by atoms with Gasteiger partial charge in [-0.2, -0.15) is 0 Å². The predicted octanol–water partition coefficient (Wildman–Crippen LogP) is 1.73. The van der Waals surface area contributed by atoms with E-state index in [0.29, 0.717) is 18.1 Å². The van der Waals surface area contributed by atoms with E-state index in [1.54, 1.807) is 6.92 Å². The molecule has 7 heteroatoms. The summed E-state index contributed by atoms with van der Waals surface area (Å²) < 4.78 is 5.50. The summed E-state index contributed by atoms with van der Waals surface area (Å²) >= 11 is 0. The number of aromatic hydroxyl groups is 1. The van der Waals surface area contributed by atoms with Crippen LogP contribution in [0.15, 0.2) is 33.5 Å². The molecule has 0 aliphatic rings. The molecule has 0 atom stereocenters. The molecule has 0 amide bonds. The summed E-state index contributed by atoms with van der Waals surface area (Å²) in [6, 6.07) is 7.96. The van der Waals surface area contributed by atoms with Crippen molar-refractivity contribution >= 4 is 0 Å². The van der Waals surface area contributed by atoms with Crippen LogP contribution in [0.1, 0.15) is 22.8 Å². The minimum Gasteiger partial charge on any atom is -0.501 e. The van der Waals surface area contributed by atoms with Gasteiger partial charge in [-0.05, 0) is 19.4 Å². The fourth-order valence-corrected chi connectivity index (χ4v) is 2.03. The van der Waals surface area contributed by atoms with E-state index in [2.05, 4.69) is 20.2 Å². The van der Waals surface area contributed by atoms with Gasteiger partial charge in [0.1, 0.15) is 5.82 Å². The minimum absolute atomic E-state index is 0.0103. The number of benzene rings is 1. The van der Waals surface area contributed by atoms with Crippen molar-refractivity contribution in [2.24, 2.45) is 0 Å². The molecular formula is C15H14N4O3. The van der Waals surface area contributed by atoms with Crippen LogP contribution >= 0.6 is 0 Å². The lowest BCUT2D eigenvalue weighted by Gasteiger charge is -1.99. The number of nitrogens with zero attached hydrogens (tertiary/aromatic N) is 3. The van der Waals surface area contributed by atoms with Gasteiger partial charge in [0.25, 0.3) is 11.4 Å². The summed E-state index contributed by atoms with van der Waals surface area (Å²) in [5.74, 6) is 0.235. The Hall–Kier alpha value is -2.96. The second-order valence-corrected chi connectivity index (χ2v) is 5.01. The summed E-state index contributed by atoms with van der Waals surface area (Å²) in [6.07, 6.45) is 0.468. The molecule has 0 bridgehead atoms. The Bertz CT molecular complexity index is 865. The molecule has 0 spiro atoms. The van der Waals surface area contributed by atoms with Crippen molar-refractivity contribution in [2.75, 3.05) is 0 Å². The average Bonchev–Trinajstić information content (AvgIpc) is 2.93. The molecule has 0 saturated heterocycles. The second kappa shape index (κ2) is 5.44. The maximum absolute atomic E-state index is 11.5. The van der Waals surface area contributed by atoms with Crippen molar-refractivity contribution in [1.82, 2.24) is 20.2 Å². The van der Waals surface area contributed by atoms with Crippen molar-refractivity contribution in [3.8, 4) is 17.3 Å². The average molecular weight is 298 g/mol. The first-order valence-electron chi connectivity index (χ1n) is 6.71. The van der Waals surface area contributed by atoms with Crippen LogP contribution in [0.25, 0.3) is 11.6 Å². The molecule has 7 nitrogen and oxygen atoms in total. The van der Waals surface area contributed by atoms with Gasteiger partial charge in [-0.15, -0.1) is 10.2 Å². The number of hydrogen-bond donors (Lipinski definition) is 2. The zero-order valence-corrected chi connectivity index (χ0v) is 12.1. The fourth-order valence-electron chi connectivity index (χ4n) is 2.03. The van der Waals surface area contributed by atoms with E-state index in [1.165, 1.54) is 5.56 Å². The Labute approximate surface area is 125 Å². The SMILES string of the molecule is Cc1ccc(Cc2nnc(-c3nc(C)[nH]c(=O)c3O)o2)cc1. The van der Waals surface area contributed by atoms with Crippen molar-refractivity contribution < 1.29 is 9.52 Å². The molecule has 2 aromatic heterocycles. The number of aromatic amines is 1. The zero-order chi connectivity index (χ0) is 15.7. The number of aryl methyl sites for hydroxylation is 2. The number of nitrogens with one attached hydrogen (secondary N) is 1. The standard InChI is InChI=1S/C15H14N4O3/c1-8-3-5-10(6-4-8)7-11-18-19-15(22-11)12-13(20)14(21)17-9(2)16-12/h3-6,20H,7H2,1-2H3,(H,16,17,21). The monoisotopic (exact) mass is 298 g/mol. The maximum Gasteiger partial charge on any atom is 0.293 e. The van der Waals surface area contributed by atoms with E-state index < -0.39 is 11.3 Å². The van der Waals surface area contributed by atoms with Gasteiger partial charge in [0.05, 0.1) is 6.42 Å². The lowest BCUT2D eigenvalue weighted by atomic mass is 10.1. The Balaban J connectivity index is 1.91. The lowest BCUT2D eigenvalue weighted by molar-refractivity contribution is 0.457. The van der Waals surface area contributed by atoms with Crippen molar-refractivity contribution in [1.29, 1.82) is 0 Å². The first-order valence-corrected chi connectivity index (χ1v) is 6.71. The number of aromatic nitrogens is 4. The Morgan fingerprint density at radius 2 is 1.91 bits per heavy atom. The third-order valence-electron chi connectivity index (χ3n) is 3.16. The normalized spacial score (nSPS) is 10.8. The molecule has 3 aromatic rings. The van der Waals surface area contributed by atoms with E-state index in [9.17, 15) is 9.90 Å². The van der Waals surface area contributed by atoms with Crippen molar-refractivity contribution in [2.45, 2.75) is 20.3 Å². The van der Waals surface area contributed by atoms with E-state index in [0.717, 1.165) is 5.56 Å². The molecular weight excluding hydrogens is 284 g/mol. The molecule has 3 rings (SSSR count). The highest BCUT2D eigenvalue weighted by Gasteiger charge is 2.17. The molecule has 0 fully saturated rings. The second-order valence-electron chi connectivity index (χ2n) is 5.01. The summed E-state index contributed by atoms with van der Waals surface area (Å²) in [4.78, 5) is 18.0. The van der Waals surface area contributed by atoms with Crippen LogP contribution in [0.2, 0.25) is 0 Å². The maximum atomic E-state index is 11.5. The summed E-state index contributed by atoms with van der Waals surface area (Å²) in [7, 11) is 0. The van der Waals surface area contributed by atoms with E-state index in [-0.39, 0.29) is 11.6 Å². The van der Waals surface area contributed by atoms with Crippen LogP contribution in [-0.4, -0.2) is 25.3 Å². The number of rotatable bonds is 3. The molecule has 22 heavy (non-hydrogen) atoms. The van der Waals surface area contributed by atoms with Gasteiger partial charge in [-0.25, -0.2) is 4.98 Å². The lowest BCUT2D eigenvalue weighted by Crippen LogP contribution is -2.10. The van der Waals surface area contributed by atoms with E-state index in [4.69, 9.17) is 4.42 Å². The van der Waals surface area contributed by atoms with E-state index in [1.807, 2.05) is 31.2 Å². The van der Waals surface area contributed by atoms with Gasteiger partial charge in [-0.1, -0.05) is 29.8 Å². The molecule has 2 N–H and O–H groups in total. The van der Waals surface area contributed by atoms with Gasteiger partial charge < -0.3 is 14.5 Å². The number of H-pyrrole nitrogens is 1. The summed E-state index contributed by atoms with van der Waals surface area (Å²) in [5, 5.41) is 17.6. The van der Waals surface area contributed by atoms with Gasteiger partial charge in [0.2, 0.25) is 11.6 Å². The summed E-state index contributed by atoms with van der Waals surface area (Å²) in [5.41, 5.74) is 1.55. The molecule has 0 saturated carbocycles. The first-order chi connectivity index (χ1) is 10.5. The molecule has 0 aliphatic carbocycles. The fraction of sp³-hybridized carbons (Fsp3) is 0.200. The first kappa shape index (κ1) is 14.0. The topological polar surface area (TPSA) is 105 Å². The highest BCUT2D eigenvalue weighted by molar-refractivity contribution is 5.55. The van der Waals surface area contributed by atoms with Crippen LogP contribution < -0.4 is 5.56 Å². The van der Waals surface area contributed by atoms with Crippen LogP contribution in [0.4, 0.5) is 0 Å². The molecule has 0 aliphatic heterocycles. The van der Waals surface area contributed by atoms with Crippen molar-refractivity contribution in [3.05, 3.63) is 57.5 Å². The van der Waals surface area contributed by atoms with Crippen LogP contribution in [-0.2, 0) is 6.42 Å². The van der Waals surface area contributed by atoms with Crippen LogP contribution in [0.3, 0.4) is 0 Å². The third kappa shape index (κ3) is 2.73. The van der Waals surface area contributed by atoms with Crippen LogP contribution in [0, 0.1) is 13.8 Å². The zero-order valence-electron chi connectivity index (χ0n) is 12.1. The van der Waals surface area contributed by atoms with Gasteiger partial charge >= 0.3 is 0 Å². The third-order valence-corrected chi connectivity index (χ3v) is 3.16. The van der Waals surface area contributed by atoms with Gasteiger partial charge in [0, 0.05) is 0 Å². The Morgan fingerprint density at radius 3 is 2.64 bits per heavy atom. The van der Waals surface area contributed by atoms with Gasteiger partial charge in [-0.3, -0.25) is 4.79 Å². The predicted molar refractivity (Wildman–Crippen MR) is 78.5 cm³/mol. The quantitative estimate of drug-likeness (QED) is 0.763. The molecule has 112 valence electrons. The molecule has 2 heterocycles. The Morgan fingerprint density at radius 1 is 1.18 bits per heavy atom. The number of hydrogen-bond acceptors (Lipinski definition) is 6. The largest absolute Gasteiger partial charge is 0.501 e. The molecule has 1 aromatic carbocycles. The smallest absolute Gasteiger partial charge is 0.293 e. The van der Waals surface area contributed by atoms with Gasteiger partial charge in [0.15, 0.2) is 5.69 Å².